The Balaban J connectivity index is 1.59. The Bertz CT molecular complexity index is 1290. The van der Waals surface area contributed by atoms with Gasteiger partial charge in [0, 0.05) is 0 Å². The fraction of sp³-hybridized carbons (Fsp3) is 0.514. The Morgan fingerprint density at radius 3 is 2.34 bits per heavy atom. The van der Waals surface area contributed by atoms with E-state index in [-0.39, 0.29) is 10.8 Å². The van der Waals surface area contributed by atoms with Gasteiger partial charge in [-0.3, -0.25) is 0 Å². The fourth-order valence-corrected chi connectivity index (χ4v) is 14.1. The number of para-hydroxylation sites is 1. The van der Waals surface area contributed by atoms with Gasteiger partial charge in [0.1, 0.15) is 0 Å². The van der Waals surface area contributed by atoms with Gasteiger partial charge in [-0.2, -0.15) is 0 Å². The van der Waals surface area contributed by atoms with E-state index in [9.17, 15) is 0 Å². The predicted molar refractivity (Wildman–Crippen MR) is 168 cm³/mol. The van der Waals surface area contributed by atoms with Crippen LogP contribution in [0.1, 0.15) is 76.6 Å². The van der Waals surface area contributed by atoms with E-state index in [4.69, 9.17) is 4.74 Å². The van der Waals surface area contributed by atoms with Gasteiger partial charge in [0.05, 0.1) is 0 Å². The predicted octanol–water partition coefficient (Wildman–Crippen LogP) is 8.93. The van der Waals surface area contributed by atoms with E-state index >= 15 is 0 Å². The number of fused-ring (bicyclic) bond motifs is 4. The third kappa shape index (κ3) is 5.06. The second-order valence-corrected chi connectivity index (χ2v) is 19.1. The molecule has 0 aliphatic carbocycles. The summed E-state index contributed by atoms with van der Waals surface area (Å²) in [6, 6.07) is 16.0. The van der Waals surface area contributed by atoms with E-state index < -0.39 is 7.26 Å². The molecule has 4 heterocycles. The molecule has 0 spiro atoms. The van der Waals surface area contributed by atoms with Crippen LogP contribution in [0.4, 0.5) is 0 Å². The minimum absolute atomic E-state index is 0.0316. The maximum atomic E-state index is 6.10. The van der Waals surface area contributed by atoms with Gasteiger partial charge in [0.2, 0.25) is 0 Å². The summed E-state index contributed by atoms with van der Waals surface area (Å²) in [5.41, 5.74) is 7.75. The van der Waals surface area contributed by atoms with E-state index in [2.05, 4.69) is 102 Å². The van der Waals surface area contributed by atoms with Gasteiger partial charge in [0.25, 0.3) is 0 Å². The molecule has 38 heavy (non-hydrogen) atoms. The van der Waals surface area contributed by atoms with Crippen molar-refractivity contribution in [3.05, 3.63) is 83.6 Å². The molecule has 0 N–H and O–H groups in total. The zero-order valence-electron chi connectivity index (χ0n) is 24.7. The topological polar surface area (TPSA) is 22.1 Å². The number of ether oxygens (including phenoxy) is 1. The zero-order chi connectivity index (χ0) is 27.3. The standard InChI is InChI=1S/C35H48NOP/c1-9-25-23-38(22-24-18-30(34(2,3)4)33(37-8)31(19-24)35(5,6)7)17-15-26(25)20-28(38)21-27-14-16-36-32-13-11-10-12-29(27)32/h9-14,16,18-19,25-26,28,38H,1,15,17,20-23H2,2-8H3. The molecule has 3 atom stereocenters. The third-order valence-corrected chi connectivity index (χ3v) is 15.6. The molecular formula is C35H48NOP. The van der Waals surface area contributed by atoms with E-state index in [0.717, 1.165) is 22.8 Å². The summed E-state index contributed by atoms with van der Waals surface area (Å²) >= 11 is 0. The normalized spacial score (nSPS) is 23.8. The quantitative estimate of drug-likeness (QED) is 0.235. The van der Waals surface area contributed by atoms with E-state index in [0.29, 0.717) is 5.92 Å². The van der Waals surface area contributed by atoms with Gasteiger partial charge in [-0.25, -0.2) is 0 Å². The van der Waals surface area contributed by atoms with E-state index in [1.807, 2.05) is 13.3 Å². The van der Waals surface area contributed by atoms with Crippen LogP contribution >= 0.6 is 7.26 Å². The first-order chi connectivity index (χ1) is 17.9. The maximum absolute atomic E-state index is 6.10. The summed E-state index contributed by atoms with van der Waals surface area (Å²) < 4.78 is 6.10. The zero-order valence-corrected chi connectivity index (χ0v) is 25.7. The van der Waals surface area contributed by atoms with Gasteiger partial charge < -0.3 is 0 Å². The van der Waals surface area contributed by atoms with Crippen LogP contribution < -0.4 is 4.74 Å². The number of allylic oxidation sites excluding steroid dienone is 1. The molecule has 3 saturated heterocycles. The SMILES string of the molecule is C=CC1C[PH]2(Cc3cc(C(C)(C)C)c(OC)c(C(C)(C)C)c3)CCC1CC2Cc1ccnc2ccccc12. The Hall–Kier alpha value is -2.18. The van der Waals surface area contributed by atoms with Crippen molar-refractivity contribution in [2.24, 2.45) is 11.8 Å². The molecule has 3 heteroatoms. The number of methoxy groups -OCH3 is 1. The molecule has 6 rings (SSSR count). The molecule has 0 radical (unpaired) electrons. The summed E-state index contributed by atoms with van der Waals surface area (Å²) in [6.45, 7) is 18.3. The molecule has 3 aliphatic heterocycles. The Morgan fingerprint density at radius 1 is 1.03 bits per heavy atom. The number of nitrogens with zero attached hydrogens (tertiary/aromatic N) is 1. The number of pyridine rings is 1. The van der Waals surface area contributed by atoms with Crippen molar-refractivity contribution in [1.29, 1.82) is 0 Å². The number of hydrogen-bond donors (Lipinski definition) is 0. The van der Waals surface area contributed by atoms with Crippen LogP contribution in [0.5, 0.6) is 5.75 Å². The fourth-order valence-electron chi connectivity index (χ4n) is 7.71. The minimum atomic E-state index is -1.64. The average Bonchev–Trinajstić information content (AvgIpc) is 2.88. The molecule has 3 aliphatic rings. The van der Waals surface area contributed by atoms with Crippen molar-refractivity contribution in [2.75, 3.05) is 19.4 Å². The van der Waals surface area contributed by atoms with Gasteiger partial charge in [-0.1, -0.05) is 0 Å². The second-order valence-electron chi connectivity index (χ2n) is 14.3. The van der Waals surface area contributed by atoms with Crippen molar-refractivity contribution in [2.45, 2.75) is 83.5 Å². The molecule has 3 fully saturated rings. The van der Waals surface area contributed by atoms with Crippen molar-refractivity contribution >= 4 is 18.2 Å². The van der Waals surface area contributed by atoms with Crippen molar-refractivity contribution < 1.29 is 4.74 Å². The van der Waals surface area contributed by atoms with Crippen LogP contribution in [0.2, 0.25) is 0 Å². The molecule has 204 valence electrons. The summed E-state index contributed by atoms with van der Waals surface area (Å²) in [4.78, 5) is 4.66. The summed E-state index contributed by atoms with van der Waals surface area (Å²) in [7, 11) is 0.207. The van der Waals surface area contributed by atoms with Crippen LogP contribution in [0.25, 0.3) is 10.9 Å². The average molecular weight is 530 g/mol. The van der Waals surface area contributed by atoms with E-state index in [1.165, 1.54) is 59.8 Å². The molecule has 3 unspecified atom stereocenters. The van der Waals surface area contributed by atoms with Crippen LogP contribution in [0.15, 0.2) is 61.3 Å². The summed E-state index contributed by atoms with van der Waals surface area (Å²) in [6.07, 6.45) is 12.4. The second kappa shape index (κ2) is 10.1. The molecule has 3 aromatic rings. The van der Waals surface area contributed by atoms with Crippen LogP contribution in [-0.2, 0) is 23.4 Å². The Morgan fingerprint density at radius 2 is 1.71 bits per heavy atom. The molecule has 2 nitrogen and oxygen atoms in total. The Labute approximate surface area is 231 Å². The van der Waals surface area contributed by atoms with Crippen LogP contribution in [0.3, 0.4) is 0 Å². The van der Waals surface area contributed by atoms with Gasteiger partial charge in [-0.15, -0.1) is 0 Å². The van der Waals surface area contributed by atoms with Crippen molar-refractivity contribution in [3.63, 3.8) is 0 Å². The first-order valence-corrected chi connectivity index (χ1v) is 17.3. The molecular weight excluding hydrogens is 481 g/mol. The third-order valence-electron chi connectivity index (χ3n) is 9.75. The molecule has 2 aromatic carbocycles. The van der Waals surface area contributed by atoms with Crippen LogP contribution in [0, 0.1) is 11.8 Å². The number of benzene rings is 2. The van der Waals surface area contributed by atoms with Gasteiger partial charge in [-0.05, 0) is 0 Å². The van der Waals surface area contributed by atoms with Gasteiger partial charge in [0.15, 0.2) is 0 Å². The van der Waals surface area contributed by atoms with E-state index in [1.54, 1.807) is 5.56 Å². The van der Waals surface area contributed by atoms with Crippen LogP contribution in [-0.4, -0.2) is 30.1 Å². The monoisotopic (exact) mass is 529 g/mol. The first kappa shape index (κ1) is 27.4. The molecule has 2 bridgehead atoms. The Kier molecular flexibility index (Phi) is 7.27. The molecule has 1 aromatic heterocycles. The summed E-state index contributed by atoms with van der Waals surface area (Å²) in [5.74, 6) is 2.60. The first-order valence-electron chi connectivity index (χ1n) is 14.6. The van der Waals surface area contributed by atoms with Gasteiger partial charge >= 0.3 is 232 Å². The van der Waals surface area contributed by atoms with Crippen molar-refractivity contribution in [3.8, 4) is 5.75 Å². The summed E-state index contributed by atoms with van der Waals surface area (Å²) in [5, 5.41) is 1.34. The molecule has 0 saturated carbocycles. The number of hydrogen-bond acceptors (Lipinski definition) is 2. The molecule has 0 amide bonds. The number of rotatable bonds is 6. The van der Waals surface area contributed by atoms with Crippen molar-refractivity contribution in [1.82, 2.24) is 4.98 Å². The number of aromatic nitrogens is 1.